The van der Waals surface area contributed by atoms with E-state index in [1.165, 1.54) is 12.1 Å². The number of imidazole rings is 1. The molecule has 0 aliphatic rings. The van der Waals surface area contributed by atoms with Gasteiger partial charge in [0.2, 0.25) is 5.91 Å². The van der Waals surface area contributed by atoms with Crippen molar-refractivity contribution in [3.05, 3.63) is 72.9 Å². The largest absolute Gasteiger partial charge is 0.336 e. The van der Waals surface area contributed by atoms with Gasteiger partial charge in [-0.25, -0.2) is 14.4 Å². The zero-order chi connectivity index (χ0) is 25.5. The van der Waals surface area contributed by atoms with E-state index in [-0.39, 0.29) is 17.6 Å². The highest BCUT2D eigenvalue weighted by Crippen LogP contribution is 2.31. The molecule has 1 amide bonds. The number of aromatic nitrogens is 7. The van der Waals surface area contributed by atoms with Crippen LogP contribution in [-0.4, -0.2) is 41.0 Å². The van der Waals surface area contributed by atoms with E-state index in [4.69, 9.17) is 9.97 Å². The van der Waals surface area contributed by atoms with Gasteiger partial charge in [-0.15, -0.1) is 0 Å². The van der Waals surface area contributed by atoms with Crippen molar-refractivity contribution in [1.82, 2.24) is 35.1 Å². The number of hydrogen-bond donors (Lipinski definition) is 3. The number of benzene rings is 1. The third-order valence-corrected chi connectivity index (χ3v) is 5.96. The summed E-state index contributed by atoms with van der Waals surface area (Å²) < 4.78 is 13.9. The summed E-state index contributed by atoms with van der Waals surface area (Å²) in [7, 11) is 0. The highest BCUT2D eigenvalue weighted by Gasteiger charge is 2.18. The second-order valence-corrected chi connectivity index (χ2v) is 8.92. The first-order valence-corrected chi connectivity index (χ1v) is 11.7. The molecule has 6 rings (SSSR count). The Kier molecular flexibility index (Phi) is 5.41. The second-order valence-electron chi connectivity index (χ2n) is 8.92. The fraction of sp³-hybridized carbons (Fsp3) is 0.111. The standard InChI is InChI=1S/C27H21FN8O/c1-14(2)27(37)31-18-11-16(12-29-13-18)19-6-7-21-24(32-19)25(36-35-21)26-33-20-8-9-30-22(23(20)34-26)15-4-3-5-17(28)10-15/h3-14H,1-2H3,(H,31,37)(H,33,34)(H,35,36). The Hall–Kier alpha value is -4.99. The number of anilines is 1. The van der Waals surface area contributed by atoms with Crippen molar-refractivity contribution in [2.45, 2.75) is 13.8 Å². The lowest BCUT2D eigenvalue weighted by molar-refractivity contribution is -0.118. The lowest BCUT2D eigenvalue weighted by atomic mass is 10.1. The normalized spacial score (nSPS) is 11.5. The molecule has 0 atom stereocenters. The van der Waals surface area contributed by atoms with E-state index in [9.17, 15) is 9.18 Å². The number of aromatic amines is 2. The quantitative estimate of drug-likeness (QED) is 0.298. The summed E-state index contributed by atoms with van der Waals surface area (Å²) in [5.74, 6) is -0.0689. The van der Waals surface area contributed by atoms with Gasteiger partial charge in [0.15, 0.2) is 11.5 Å². The van der Waals surface area contributed by atoms with E-state index >= 15 is 0 Å². The summed E-state index contributed by atoms with van der Waals surface area (Å²) in [4.78, 5) is 33.7. The molecule has 3 N–H and O–H groups in total. The van der Waals surface area contributed by atoms with Gasteiger partial charge in [0.25, 0.3) is 0 Å². The van der Waals surface area contributed by atoms with Crippen LogP contribution < -0.4 is 5.32 Å². The molecule has 1 aromatic carbocycles. The highest BCUT2D eigenvalue weighted by atomic mass is 19.1. The summed E-state index contributed by atoms with van der Waals surface area (Å²) in [6.45, 7) is 3.66. The molecule has 0 saturated carbocycles. The number of halogens is 1. The molecule has 0 aliphatic heterocycles. The maximum atomic E-state index is 13.9. The summed E-state index contributed by atoms with van der Waals surface area (Å²) in [5, 5.41) is 10.3. The van der Waals surface area contributed by atoms with Crippen LogP contribution in [-0.2, 0) is 4.79 Å². The lowest BCUT2D eigenvalue weighted by Crippen LogP contribution is -2.17. The summed E-state index contributed by atoms with van der Waals surface area (Å²) in [6.07, 6.45) is 4.95. The predicted molar refractivity (Wildman–Crippen MR) is 139 cm³/mol. The van der Waals surface area contributed by atoms with Gasteiger partial charge in [0, 0.05) is 29.4 Å². The van der Waals surface area contributed by atoms with Gasteiger partial charge >= 0.3 is 0 Å². The molecule has 0 spiro atoms. The van der Waals surface area contributed by atoms with Crippen molar-refractivity contribution in [2.24, 2.45) is 5.92 Å². The van der Waals surface area contributed by atoms with Crippen molar-refractivity contribution in [2.75, 3.05) is 5.32 Å². The van der Waals surface area contributed by atoms with Crippen LogP contribution in [0.4, 0.5) is 10.1 Å². The molecule has 0 fully saturated rings. The van der Waals surface area contributed by atoms with Crippen molar-refractivity contribution >= 4 is 33.7 Å². The van der Waals surface area contributed by atoms with Crippen LogP contribution in [0.1, 0.15) is 13.8 Å². The first kappa shape index (κ1) is 22.5. The van der Waals surface area contributed by atoms with Crippen LogP contribution in [0.2, 0.25) is 0 Å². The zero-order valence-corrected chi connectivity index (χ0v) is 20.0. The number of rotatable bonds is 5. The Bertz CT molecular complexity index is 1790. The van der Waals surface area contributed by atoms with Gasteiger partial charge in [-0.05, 0) is 36.4 Å². The van der Waals surface area contributed by atoms with E-state index in [0.717, 1.165) is 16.6 Å². The van der Waals surface area contributed by atoms with Gasteiger partial charge in [-0.1, -0.05) is 26.0 Å². The highest BCUT2D eigenvalue weighted by molar-refractivity contribution is 5.95. The average molecular weight is 493 g/mol. The van der Waals surface area contributed by atoms with Gasteiger partial charge in [-0.3, -0.25) is 19.9 Å². The average Bonchev–Trinajstić information content (AvgIpc) is 3.52. The van der Waals surface area contributed by atoms with E-state index in [1.807, 2.05) is 38.1 Å². The minimum absolute atomic E-state index is 0.0866. The van der Waals surface area contributed by atoms with Crippen molar-refractivity contribution < 1.29 is 9.18 Å². The van der Waals surface area contributed by atoms with Crippen LogP contribution in [0.3, 0.4) is 0 Å². The molecular formula is C27H21FN8O. The zero-order valence-electron chi connectivity index (χ0n) is 20.0. The number of nitrogens with one attached hydrogen (secondary N) is 3. The van der Waals surface area contributed by atoms with Gasteiger partial charge in [0.05, 0.1) is 34.3 Å². The molecule has 0 aliphatic carbocycles. The van der Waals surface area contributed by atoms with Crippen LogP contribution in [0.5, 0.6) is 0 Å². The number of carbonyl (C=O) groups is 1. The molecule has 5 heterocycles. The number of hydrogen-bond acceptors (Lipinski definition) is 6. The Morgan fingerprint density at radius 1 is 0.946 bits per heavy atom. The Balaban J connectivity index is 1.41. The third-order valence-electron chi connectivity index (χ3n) is 5.96. The van der Waals surface area contributed by atoms with Crippen molar-refractivity contribution in [1.29, 1.82) is 0 Å². The second kappa shape index (κ2) is 8.90. The van der Waals surface area contributed by atoms with E-state index in [0.29, 0.717) is 45.2 Å². The molecule has 0 saturated heterocycles. The minimum Gasteiger partial charge on any atom is -0.336 e. The molecule has 9 nitrogen and oxygen atoms in total. The predicted octanol–water partition coefficient (Wildman–Crippen LogP) is 5.36. The van der Waals surface area contributed by atoms with E-state index in [1.54, 1.807) is 30.7 Å². The fourth-order valence-corrected chi connectivity index (χ4v) is 4.05. The number of amides is 1. The van der Waals surface area contributed by atoms with Crippen LogP contribution in [0.15, 0.2) is 67.1 Å². The Labute approximate surface area is 210 Å². The molecule has 10 heteroatoms. The molecule has 182 valence electrons. The van der Waals surface area contributed by atoms with Crippen molar-refractivity contribution in [3.63, 3.8) is 0 Å². The monoisotopic (exact) mass is 492 g/mol. The summed E-state index contributed by atoms with van der Waals surface area (Å²) in [5.41, 5.74) is 6.46. The van der Waals surface area contributed by atoms with Crippen LogP contribution in [0.25, 0.3) is 56.1 Å². The van der Waals surface area contributed by atoms with E-state index in [2.05, 4.69) is 30.5 Å². The lowest BCUT2D eigenvalue weighted by Gasteiger charge is -2.08. The molecule has 0 unspecified atom stereocenters. The van der Waals surface area contributed by atoms with Gasteiger partial charge in [-0.2, -0.15) is 5.10 Å². The maximum Gasteiger partial charge on any atom is 0.226 e. The number of fused-ring (bicyclic) bond motifs is 2. The van der Waals surface area contributed by atoms with Gasteiger partial charge < -0.3 is 10.3 Å². The fourth-order valence-electron chi connectivity index (χ4n) is 4.05. The first-order valence-electron chi connectivity index (χ1n) is 11.7. The molecule has 0 radical (unpaired) electrons. The van der Waals surface area contributed by atoms with Crippen LogP contribution in [0, 0.1) is 11.7 Å². The molecular weight excluding hydrogens is 471 g/mol. The molecule has 6 aromatic rings. The smallest absolute Gasteiger partial charge is 0.226 e. The minimum atomic E-state index is -0.343. The van der Waals surface area contributed by atoms with Crippen LogP contribution >= 0.6 is 0 Å². The molecule has 5 aromatic heterocycles. The Morgan fingerprint density at radius 2 is 1.81 bits per heavy atom. The maximum absolute atomic E-state index is 13.9. The topological polar surface area (TPSA) is 125 Å². The SMILES string of the molecule is CC(C)C(=O)Nc1cncc(-c2ccc3[nH]nc(-c4nc5c(-c6cccc(F)c6)nccc5[nH]4)c3n2)c1. The number of H-pyrrole nitrogens is 2. The number of nitrogens with zero attached hydrogens (tertiary/aromatic N) is 5. The Morgan fingerprint density at radius 3 is 2.65 bits per heavy atom. The number of carbonyl (C=O) groups excluding carboxylic acids is 1. The third kappa shape index (κ3) is 4.18. The van der Waals surface area contributed by atoms with Gasteiger partial charge in [0.1, 0.15) is 16.9 Å². The summed E-state index contributed by atoms with van der Waals surface area (Å²) in [6, 6.07) is 13.6. The first-order chi connectivity index (χ1) is 18.0. The summed E-state index contributed by atoms with van der Waals surface area (Å²) >= 11 is 0. The molecule has 37 heavy (non-hydrogen) atoms. The number of pyridine rings is 3. The van der Waals surface area contributed by atoms with Crippen molar-refractivity contribution in [3.8, 4) is 34.0 Å². The van der Waals surface area contributed by atoms with E-state index < -0.39 is 0 Å². The molecule has 0 bridgehead atoms.